The van der Waals surface area contributed by atoms with Gasteiger partial charge >= 0.3 is 0 Å². The highest BCUT2D eigenvalue weighted by Crippen LogP contribution is 2.29. The lowest BCUT2D eigenvalue weighted by molar-refractivity contribution is 0.403. The van der Waals surface area contributed by atoms with E-state index in [0.29, 0.717) is 28.7 Å². The van der Waals surface area contributed by atoms with Crippen molar-refractivity contribution < 1.29 is 13.5 Å². The lowest BCUT2D eigenvalue weighted by atomic mass is 10.1. The van der Waals surface area contributed by atoms with Crippen molar-refractivity contribution in [2.75, 3.05) is 7.11 Å². The summed E-state index contributed by atoms with van der Waals surface area (Å²) in [6, 6.07) is 14.4. The number of benzene rings is 2. The Bertz CT molecular complexity index is 1140. The quantitative estimate of drug-likeness (QED) is 0.516. The number of hydrogen-bond donors (Lipinski definition) is 0. The maximum absolute atomic E-state index is 13.6. The van der Waals surface area contributed by atoms with E-state index in [0.717, 1.165) is 22.5 Å². The number of hydrogen-bond acceptors (Lipinski definition) is 4. The second-order valence-electron chi connectivity index (χ2n) is 6.09. The molecule has 0 radical (unpaired) electrons. The smallest absolute Gasteiger partial charge is 0.224 e. The largest absolute Gasteiger partial charge is 0.480 e. The number of nitrogens with zero attached hydrogens (tertiary/aromatic N) is 3. The first kappa shape index (κ1) is 17.0. The van der Waals surface area contributed by atoms with Crippen LogP contribution in [-0.2, 0) is 0 Å². The molecule has 4 aromatic rings. The Morgan fingerprint density at radius 3 is 2.33 bits per heavy atom. The Hall–Kier alpha value is -3.41. The third-order valence-electron chi connectivity index (χ3n) is 4.22. The average Bonchev–Trinajstić information content (AvgIpc) is 2.66. The predicted octanol–water partition coefficient (Wildman–Crippen LogP) is 4.95. The van der Waals surface area contributed by atoms with Gasteiger partial charge in [0.25, 0.3) is 0 Å². The standard InChI is InChI=1S/C21H15F2N3O/c1-12-7-8-18(24-19(12)13-9-14(22)11-15(23)10-13)20-25-17-6-4-3-5-16(17)21(26-20)27-2/h3-11H,1-2H3. The summed E-state index contributed by atoms with van der Waals surface area (Å²) >= 11 is 0. The van der Waals surface area contributed by atoms with Crippen LogP contribution in [0.4, 0.5) is 8.78 Å². The zero-order valence-electron chi connectivity index (χ0n) is 14.7. The number of para-hydroxylation sites is 1. The number of aromatic nitrogens is 3. The number of ether oxygens (including phenoxy) is 1. The van der Waals surface area contributed by atoms with Crippen LogP contribution in [0.1, 0.15) is 5.56 Å². The minimum atomic E-state index is -0.653. The summed E-state index contributed by atoms with van der Waals surface area (Å²) in [6.07, 6.45) is 0. The van der Waals surface area contributed by atoms with Gasteiger partial charge in [-0.05, 0) is 42.8 Å². The van der Waals surface area contributed by atoms with E-state index in [1.165, 1.54) is 12.1 Å². The Morgan fingerprint density at radius 2 is 1.59 bits per heavy atom. The van der Waals surface area contributed by atoms with Crippen LogP contribution < -0.4 is 4.74 Å². The molecule has 0 saturated carbocycles. The minimum absolute atomic E-state index is 0.361. The van der Waals surface area contributed by atoms with Crippen LogP contribution in [-0.4, -0.2) is 22.1 Å². The van der Waals surface area contributed by atoms with E-state index in [4.69, 9.17) is 4.74 Å². The fourth-order valence-electron chi connectivity index (χ4n) is 2.95. The highest BCUT2D eigenvalue weighted by molar-refractivity contribution is 5.85. The van der Waals surface area contributed by atoms with Crippen LogP contribution in [0.25, 0.3) is 33.7 Å². The van der Waals surface area contributed by atoms with Gasteiger partial charge in [-0.2, -0.15) is 4.98 Å². The number of aryl methyl sites for hydroxylation is 1. The normalized spacial score (nSPS) is 11.0. The van der Waals surface area contributed by atoms with Gasteiger partial charge in [-0.1, -0.05) is 18.2 Å². The second kappa shape index (κ2) is 6.72. The third-order valence-corrected chi connectivity index (χ3v) is 4.22. The SMILES string of the molecule is COc1nc(-c2ccc(C)c(-c3cc(F)cc(F)c3)n2)nc2ccccc12. The average molecular weight is 363 g/mol. The zero-order chi connectivity index (χ0) is 19.0. The Kier molecular flexibility index (Phi) is 4.24. The maximum Gasteiger partial charge on any atom is 0.224 e. The molecule has 2 aromatic carbocycles. The van der Waals surface area contributed by atoms with Gasteiger partial charge in [0.2, 0.25) is 5.88 Å². The molecule has 0 aliphatic carbocycles. The molecule has 0 aliphatic heterocycles. The monoisotopic (exact) mass is 363 g/mol. The summed E-state index contributed by atoms with van der Waals surface area (Å²) in [4.78, 5) is 13.6. The number of pyridine rings is 1. The summed E-state index contributed by atoms with van der Waals surface area (Å²) < 4.78 is 32.6. The highest BCUT2D eigenvalue weighted by Gasteiger charge is 2.14. The number of halogens is 2. The lowest BCUT2D eigenvalue weighted by Gasteiger charge is -2.10. The fourth-order valence-corrected chi connectivity index (χ4v) is 2.95. The fraction of sp³-hybridized carbons (Fsp3) is 0.0952. The summed E-state index contributed by atoms with van der Waals surface area (Å²) in [5, 5.41) is 0.795. The predicted molar refractivity (Wildman–Crippen MR) is 99.4 cm³/mol. The first-order chi connectivity index (χ1) is 13.0. The lowest BCUT2D eigenvalue weighted by Crippen LogP contribution is -1.99. The van der Waals surface area contributed by atoms with Gasteiger partial charge in [0.15, 0.2) is 5.82 Å². The molecule has 4 rings (SSSR count). The summed E-state index contributed by atoms with van der Waals surface area (Å²) in [6.45, 7) is 1.83. The first-order valence-electron chi connectivity index (χ1n) is 8.30. The van der Waals surface area contributed by atoms with Crippen LogP contribution in [0.15, 0.2) is 54.6 Å². The second-order valence-corrected chi connectivity index (χ2v) is 6.09. The van der Waals surface area contributed by atoms with Crippen molar-refractivity contribution in [3.63, 3.8) is 0 Å². The van der Waals surface area contributed by atoms with Gasteiger partial charge in [-0.15, -0.1) is 0 Å². The molecule has 0 aliphatic rings. The molecule has 2 aromatic heterocycles. The van der Waals surface area contributed by atoms with Crippen molar-refractivity contribution in [1.29, 1.82) is 0 Å². The van der Waals surface area contributed by atoms with Crippen molar-refractivity contribution in [1.82, 2.24) is 15.0 Å². The molecule has 2 heterocycles. The molecule has 6 heteroatoms. The Labute approximate surface area is 154 Å². The molecular weight excluding hydrogens is 348 g/mol. The van der Waals surface area contributed by atoms with E-state index in [-0.39, 0.29) is 0 Å². The van der Waals surface area contributed by atoms with Crippen molar-refractivity contribution >= 4 is 10.9 Å². The number of methoxy groups -OCH3 is 1. The third kappa shape index (κ3) is 3.21. The molecular formula is C21H15F2N3O. The molecule has 0 saturated heterocycles. The molecule has 0 unspecified atom stereocenters. The summed E-state index contributed by atoms with van der Waals surface area (Å²) in [7, 11) is 1.54. The molecule has 4 nitrogen and oxygen atoms in total. The van der Waals surface area contributed by atoms with Crippen molar-refractivity contribution in [2.24, 2.45) is 0 Å². The number of rotatable bonds is 3. The van der Waals surface area contributed by atoms with Crippen LogP contribution >= 0.6 is 0 Å². The zero-order valence-corrected chi connectivity index (χ0v) is 14.7. The van der Waals surface area contributed by atoms with Gasteiger partial charge in [0.05, 0.1) is 23.7 Å². The molecule has 0 spiro atoms. The van der Waals surface area contributed by atoms with Gasteiger partial charge in [-0.3, -0.25) is 0 Å². The van der Waals surface area contributed by atoms with Crippen LogP contribution in [0.2, 0.25) is 0 Å². The van der Waals surface area contributed by atoms with Crippen molar-refractivity contribution in [2.45, 2.75) is 6.92 Å². The minimum Gasteiger partial charge on any atom is -0.480 e. The maximum atomic E-state index is 13.6. The van der Waals surface area contributed by atoms with Crippen molar-refractivity contribution in [3.05, 3.63) is 71.8 Å². The molecule has 27 heavy (non-hydrogen) atoms. The summed E-state index contributed by atoms with van der Waals surface area (Å²) in [5.74, 6) is -0.486. The van der Waals surface area contributed by atoms with Crippen molar-refractivity contribution in [3.8, 4) is 28.7 Å². The molecule has 134 valence electrons. The van der Waals surface area contributed by atoms with E-state index in [1.807, 2.05) is 37.3 Å². The highest BCUT2D eigenvalue weighted by atomic mass is 19.1. The van der Waals surface area contributed by atoms with E-state index >= 15 is 0 Å². The number of fused-ring (bicyclic) bond motifs is 1. The Morgan fingerprint density at radius 1 is 0.852 bits per heavy atom. The van der Waals surface area contributed by atoms with Gasteiger partial charge in [0.1, 0.15) is 17.3 Å². The van der Waals surface area contributed by atoms with Crippen LogP contribution in [0, 0.1) is 18.6 Å². The van der Waals surface area contributed by atoms with E-state index in [2.05, 4.69) is 15.0 Å². The summed E-state index contributed by atoms with van der Waals surface area (Å²) in [5.41, 5.74) is 2.84. The van der Waals surface area contributed by atoms with E-state index in [1.54, 1.807) is 13.2 Å². The van der Waals surface area contributed by atoms with E-state index in [9.17, 15) is 8.78 Å². The van der Waals surface area contributed by atoms with Crippen LogP contribution in [0.3, 0.4) is 0 Å². The van der Waals surface area contributed by atoms with Gasteiger partial charge in [0, 0.05) is 11.6 Å². The van der Waals surface area contributed by atoms with Crippen LogP contribution in [0.5, 0.6) is 5.88 Å². The Balaban J connectivity index is 1.89. The molecule has 0 bridgehead atoms. The molecule has 0 amide bonds. The topological polar surface area (TPSA) is 47.9 Å². The molecule has 0 N–H and O–H groups in total. The molecule has 0 atom stereocenters. The van der Waals surface area contributed by atoms with Gasteiger partial charge < -0.3 is 4.74 Å². The van der Waals surface area contributed by atoms with Gasteiger partial charge in [-0.25, -0.2) is 18.7 Å². The molecule has 0 fully saturated rings. The first-order valence-corrected chi connectivity index (χ1v) is 8.30. The van der Waals surface area contributed by atoms with E-state index < -0.39 is 11.6 Å².